The lowest BCUT2D eigenvalue weighted by Crippen LogP contribution is -2.46. The van der Waals surface area contributed by atoms with Crippen molar-refractivity contribution in [3.8, 4) is 0 Å². The number of rotatable bonds is 5. The summed E-state index contributed by atoms with van der Waals surface area (Å²) in [4.78, 5) is 14.8. The lowest BCUT2D eigenvalue weighted by atomic mass is 9.98. The van der Waals surface area contributed by atoms with Gasteiger partial charge >= 0.3 is 0 Å². The Balaban J connectivity index is 1.78. The van der Waals surface area contributed by atoms with Gasteiger partial charge < -0.3 is 4.90 Å². The molecule has 30 heavy (non-hydrogen) atoms. The fraction of sp³-hybridized carbons (Fsp3) is 0.435. The summed E-state index contributed by atoms with van der Waals surface area (Å²) < 4.78 is 42.1. The van der Waals surface area contributed by atoms with Crippen LogP contribution in [0.15, 0.2) is 41.3 Å². The second-order valence-corrected chi connectivity index (χ2v) is 10.1. The topological polar surface area (TPSA) is 57.7 Å². The van der Waals surface area contributed by atoms with Crippen LogP contribution in [0.5, 0.6) is 0 Å². The number of hydrogen-bond acceptors (Lipinski definition) is 3. The highest BCUT2D eigenvalue weighted by atomic mass is 32.2. The van der Waals surface area contributed by atoms with E-state index in [0.29, 0.717) is 29.8 Å². The maximum atomic E-state index is 13.9. The van der Waals surface area contributed by atoms with Gasteiger partial charge in [0, 0.05) is 32.2 Å². The van der Waals surface area contributed by atoms with E-state index in [1.165, 1.54) is 15.3 Å². The summed E-state index contributed by atoms with van der Waals surface area (Å²) in [7, 11) is -2.06. The molecule has 1 aliphatic heterocycles. The highest BCUT2D eigenvalue weighted by molar-refractivity contribution is 7.89. The standard InChI is InChI=1S/C23H29FN2O3S/c1-16-12-17(2)22(18(3)13-16)30(28,29)26-11-7-9-20(15-26)23(27)25(4)14-19-8-5-6-10-21(19)24/h5-6,8,10,12-13,20H,7,9,11,14-15H2,1-4H3/t20-/m1/s1. The Bertz CT molecular complexity index is 1030. The normalized spacial score (nSPS) is 17.7. The third-order valence-corrected chi connectivity index (χ3v) is 7.85. The van der Waals surface area contributed by atoms with Gasteiger partial charge in [0.15, 0.2) is 0 Å². The molecule has 0 N–H and O–H groups in total. The summed E-state index contributed by atoms with van der Waals surface area (Å²) in [6.45, 7) is 6.26. The van der Waals surface area contributed by atoms with Crippen molar-refractivity contribution in [3.05, 3.63) is 64.5 Å². The van der Waals surface area contributed by atoms with E-state index < -0.39 is 15.9 Å². The van der Waals surface area contributed by atoms with E-state index in [-0.39, 0.29) is 24.8 Å². The van der Waals surface area contributed by atoms with Crippen LogP contribution in [-0.2, 0) is 21.4 Å². The number of hydrogen-bond donors (Lipinski definition) is 0. The second-order valence-electron chi connectivity index (χ2n) is 8.22. The molecule has 1 saturated heterocycles. The van der Waals surface area contributed by atoms with Gasteiger partial charge in [0.1, 0.15) is 5.82 Å². The lowest BCUT2D eigenvalue weighted by molar-refractivity contribution is -0.135. The molecule has 3 rings (SSSR count). The molecule has 1 fully saturated rings. The van der Waals surface area contributed by atoms with Gasteiger partial charge in [0.25, 0.3) is 0 Å². The first-order valence-electron chi connectivity index (χ1n) is 10.2. The summed E-state index contributed by atoms with van der Waals surface area (Å²) in [5.41, 5.74) is 2.90. The Labute approximate surface area is 178 Å². The van der Waals surface area contributed by atoms with Gasteiger partial charge in [-0.2, -0.15) is 4.31 Å². The molecular formula is C23H29FN2O3S. The summed E-state index contributed by atoms with van der Waals surface area (Å²) in [6, 6.07) is 10.1. The summed E-state index contributed by atoms with van der Waals surface area (Å²) in [6.07, 6.45) is 1.24. The Kier molecular flexibility index (Phi) is 6.62. The lowest BCUT2D eigenvalue weighted by Gasteiger charge is -2.34. The first kappa shape index (κ1) is 22.4. The first-order chi connectivity index (χ1) is 14.1. The number of benzene rings is 2. The quantitative estimate of drug-likeness (QED) is 0.722. The van der Waals surface area contributed by atoms with E-state index in [9.17, 15) is 17.6 Å². The van der Waals surface area contributed by atoms with Gasteiger partial charge in [0.05, 0.1) is 10.8 Å². The largest absolute Gasteiger partial charge is 0.341 e. The average molecular weight is 433 g/mol. The average Bonchev–Trinajstić information content (AvgIpc) is 2.68. The van der Waals surface area contributed by atoms with Gasteiger partial charge in [-0.15, -0.1) is 0 Å². The van der Waals surface area contributed by atoms with E-state index in [1.54, 1.807) is 25.2 Å². The number of aryl methyl sites for hydroxylation is 3. The molecule has 1 atom stereocenters. The highest BCUT2D eigenvalue weighted by Gasteiger charge is 2.35. The Morgan fingerprint density at radius 1 is 1.17 bits per heavy atom. The van der Waals surface area contributed by atoms with Gasteiger partial charge in [-0.25, -0.2) is 12.8 Å². The Hall–Kier alpha value is -2.25. The van der Waals surface area contributed by atoms with Crippen LogP contribution in [0.1, 0.15) is 35.1 Å². The minimum atomic E-state index is -3.70. The van der Waals surface area contributed by atoms with Crippen LogP contribution in [0.3, 0.4) is 0 Å². The monoisotopic (exact) mass is 432 g/mol. The van der Waals surface area contributed by atoms with Crippen LogP contribution in [-0.4, -0.2) is 43.7 Å². The SMILES string of the molecule is Cc1cc(C)c(S(=O)(=O)N2CCC[C@@H](C(=O)N(C)Cc3ccccc3F)C2)c(C)c1. The van der Waals surface area contributed by atoms with Gasteiger partial charge in [0.2, 0.25) is 15.9 Å². The fourth-order valence-electron chi connectivity index (χ4n) is 4.34. The highest BCUT2D eigenvalue weighted by Crippen LogP contribution is 2.29. The molecule has 0 saturated carbocycles. The van der Waals surface area contributed by atoms with Crippen LogP contribution in [0.25, 0.3) is 0 Å². The zero-order valence-corrected chi connectivity index (χ0v) is 18.8. The molecular weight excluding hydrogens is 403 g/mol. The van der Waals surface area contributed by atoms with Crippen LogP contribution in [0.2, 0.25) is 0 Å². The number of nitrogens with zero attached hydrogens (tertiary/aromatic N) is 2. The molecule has 7 heteroatoms. The summed E-state index contributed by atoms with van der Waals surface area (Å²) >= 11 is 0. The van der Waals surface area contributed by atoms with Gasteiger partial charge in [-0.1, -0.05) is 35.9 Å². The molecule has 0 aromatic heterocycles. The van der Waals surface area contributed by atoms with Crippen molar-refractivity contribution in [1.82, 2.24) is 9.21 Å². The van der Waals surface area contributed by atoms with E-state index in [4.69, 9.17) is 0 Å². The van der Waals surface area contributed by atoms with Crippen molar-refractivity contribution < 1.29 is 17.6 Å². The van der Waals surface area contributed by atoms with E-state index >= 15 is 0 Å². The minimum Gasteiger partial charge on any atom is -0.341 e. The van der Waals surface area contributed by atoms with Crippen LogP contribution in [0.4, 0.5) is 4.39 Å². The molecule has 0 bridgehead atoms. The van der Waals surface area contributed by atoms with Crippen LogP contribution < -0.4 is 0 Å². The molecule has 1 aliphatic rings. The number of halogens is 1. The molecule has 2 aromatic rings. The van der Waals surface area contributed by atoms with Crippen molar-refractivity contribution >= 4 is 15.9 Å². The number of carbonyl (C=O) groups excluding carboxylic acids is 1. The summed E-state index contributed by atoms with van der Waals surface area (Å²) in [5, 5.41) is 0. The van der Waals surface area contributed by atoms with Crippen molar-refractivity contribution in [1.29, 1.82) is 0 Å². The Morgan fingerprint density at radius 3 is 2.43 bits per heavy atom. The molecule has 0 spiro atoms. The summed E-state index contributed by atoms with van der Waals surface area (Å²) in [5.74, 6) is -0.942. The van der Waals surface area contributed by atoms with E-state index in [2.05, 4.69) is 0 Å². The van der Waals surface area contributed by atoms with Crippen molar-refractivity contribution in [3.63, 3.8) is 0 Å². The molecule has 0 radical (unpaired) electrons. The maximum absolute atomic E-state index is 13.9. The fourth-order valence-corrected chi connectivity index (χ4v) is 6.27. The predicted molar refractivity (Wildman–Crippen MR) is 115 cm³/mol. The first-order valence-corrected chi connectivity index (χ1v) is 11.6. The molecule has 162 valence electrons. The third-order valence-electron chi connectivity index (χ3n) is 5.68. The number of piperidine rings is 1. The van der Waals surface area contributed by atoms with Crippen molar-refractivity contribution in [2.75, 3.05) is 20.1 Å². The van der Waals surface area contributed by atoms with Crippen LogP contribution in [0, 0.1) is 32.5 Å². The molecule has 1 heterocycles. The van der Waals surface area contributed by atoms with E-state index in [1.807, 2.05) is 32.9 Å². The third kappa shape index (κ3) is 4.57. The molecule has 1 amide bonds. The molecule has 5 nitrogen and oxygen atoms in total. The second kappa shape index (κ2) is 8.86. The molecule has 0 unspecified atom stereocenters. The zero-order valence-electron chi connectivity index (χ0n) is 18.0. The maximum Gasteiger partial charge on any atom is 0.243 e. The number of amides is 1. The number of carbonyl (C=O) groups is 1. The molecule has 0 aliphatic carbocycles. The van der Waals surface area contributed by atoms with Crippen molar-refractivity contribution in [2.24, 2.45) is 5.92 Å². The van der Waals surface area contributed by atoms with E-state index in [0.717, 1.165) is 16.7 Å². The minimum absolute atomic E-state index is 0.148. The van der Waals surface area contributed by atoms with Crippen LogP contribution >= 0.6 is 0 Å². The van der Waals surface area contributed by atoms with Gasteiger partial charge in [-0.3, -0.25) is 4.79 Å². The number of sulfonamides is 1. The van der Waals surface area contributed by atoms with Crippen molar-refractivity contribution in [2.45, 2.75) is 45.1 Å². The molecule has 2 aromatic carbocycles. The zero-order chi connectivity index (χ0) is 22.1. The van der Waals surface area contributed by atoms with Gasteiger partial charge in [-0.05, 0) is 50.8 Å². The smallest absolute Gasteiger partial charge is 0.243 e. The Morgan fingerprint density at radius 2 is 1.80 bits per heavy atom. The predicted octanol–water partition coefficient (Wildman–Crippen LogP) is 3.81.